The molecule has 0 fully saturated rings. The molecule has 0 saturated carbocycles. The first-order chi connectivity index (χ1) is 7.77. The number of carbonyl (C=O) groups excluding carboxylic acids is 1. The van der Waals surface area contributed by atoms with Gasteiger partial charge in [0.05, 0.1) is 12.0 Å². The zero-order chi connectivity index (χ0) is 11.8. The minimum Gasteiger partial charge on any atom is -0.294 e. The van der Waals surface area contributed by atoms with E-state index in [0.29, 0.717) is 12.0 Å². The third-order valence-corrected chi connectivity index (χ3v) is 2.62. The van der Waals surface area contributed by atoms with Gasteiger partial charge >= 0.3 is 0 Å². The third kappa shape index (κ3) is 3.86. The Hall–Kier alpha value is -1.62. The Kier molecular flexibility index (Phi) is 5.28. The lowest BCUT2D eigenvalue weighted by atomic mass is 9.95. The van der Waals surface area contributed by atoms with Gasteiger partial charge in [0.25, 0.3) is 0 Å². The van der Waals surface area contributed by atoms with Gasteiger partial charge in [-0.25, -0.2) is 0 Å². The molecule has 1 atom stereocenters. The maximum atomic E-state index is 11.8. The molecule has 0 aliphatic carbocycles. The van der Waals surface area contributed by atoms with Crippen LogP contribution < -0.4 is 0 Å². The Bertz CT molecular complexity index is 364. The number of nitrogens with zero attached hydrogens (tertiary/aromatic N) is 1. The molecule has 0 amide bonds. The van der Waals surface area contributed by atoms with Gasteiger partial charge in [-0.15, -0.1) is 0 Å². The maximum absolute atomic E-state index is 11.8. The third-order valence-electron chi connectivity index (χ3n) is 2.62. The second-order valence-corrected chi connectivity index (χ2v) is 3.96. The topological polar surface area (TPSA) is 40.9 Å². The fourth-order valence-electron chi connectivity index (χ4n) is 1.63. The maximum Gasteiger partial charge on any atom is 0.164 e. The minimum absolute atomic E-state index is 0.0725. The van der Waals surface area contributed by atoms with Crippen LogP contribution in [0.25, 0.3) is 0 Å². The summed E-state index contributed by atoms with van der Waals surface area (Å²) >= 11 is 0. The smallest absolute Gasteiger partial charge is 0.164 e. The molecule has 0 aromatic heterocycles. The summed E-state index contributed by atoms with van der Waals surface area (Å²) in [5.74, 6) is -0.0593. The van der Waals surface area contributed by atoms with Crippen LogP contribution in [0, 0.1) is 17.2 Å². The second kappa shape index (κ2) is 6.79. The summed E-state index contributed by atoms with van der Waals surface area (Å²) in [6, 6.07) is 11.4. The van der Waals surface area contributed by atoms with Crippen molar-refractivity contribution in [3.8, 4) is 6.07 Å². The number of ketones is 1. The molecule has 2 heteroatoms. The van der Waals surface area contributed by atoms with Crippen LogP contribution in [0.15, 0.2) is 30.3 Å². The van der Waals surface area contributed by atoms with E-state index in [4.69, 9.17) is 5.26 Å². The zero-order valence-electron chi connectivity index (χ0n) is 9.65. The molecule has 0 radical (unpaired) electrons. The average Bonchev–Trinajstić information content (AvgIpc) is 2.35. The lowest BCUT2D eigenvalue weighted by Gasteiger charge is -2.07. The largest absolute Gasteiger partial charge is 0.294 e. The number of rotatable bonds is 6. The van der Waals surface area contributed by atoms with E-state index in [9.17, 15) is 4.79 Å². The highest BCUT2D eigenvalue weighted by Crippen LogP contribution is 2.15. The fourth-order valence-corrected chi connectivity index (χ4v) is 1.63. The second-order valence-electron chi connectivity index (χ2n) is 3.96. The molecule has 0 spiro atoms. The predicted octanol–water partition coefficient (Wildman–Crippen LogP) is 3.59. The lowest BCUT2D eigenvalue weighted by molar-refractivity contribution is 0.0968. The Morgan fingerprint density at radius 2 is 2.06 bits per heavy atom. The van der Waals surface area contributed by atoms with Gasteiger partial charge in [0.1, 0.15) is 0 Å². The highest BCUT2D eigenvalue weighted by molar-refractivity contribution is 5.96. The van der Waals surface area contributed by atoms with E-state index in [1.807, 2.05) is 18.2 Å². The van der Waals surface area contributed by atoms with Crippen molar-refractivity contribution >= 4 is 5.78 Å². The number of benzene rings is 1. The molecule has 0 aliphatic heterocycles. The van der Waals surface area contributed by atoms with Crippen LogP contribution in [-0.2, 0) is 0 Å². The van der Waals surface area contributed by atoms with Crippen LogP contribution in [0.1, 0.15) is 43.0 Å². The van der Waals surface area contributed by atoms with Crippen LogP contribution >= 0.6 is 0 Å². The molecule has 0 N–H and O–H groups in total. The Balaban J connectivity index is 2.53. The summed E-state index contributed by atoms with van der Waals surface area (Å²) in [4.78, 5) is 11.8. The molecule has 1 aromatic rings. The molecule has 0 unspecified atom stereocenters. The summed E-state index contributed by atoms with van der Waals surface area (Å²) in [5, 5.41) is 8.95. The van der Waals surface area contributed by atoms with Crippen molar-refractivity contribution in [2.45, 2.75) is 32.6 Å². The van der Waals surface area contributed by atoms with Crippen LogP contribution in [-0.4, -0.2) is 5.78 Å². The van der Waals surface area contributed by atoms with Crippen LogP contribution in [0.5, 0.6) is 0 Å². The van der Waals surface area contributed by atoms with Gasteiger partial charge in [-0.3, -0.25) is 4.79 Å². The highest BCUT2D eigenvalue weighted by atomic mass is 16.1. The molecule has 1 rings (SSSR count). The Morgan fingerprint density at radius 3 is 2.62 bits per heavy atom. The van der Waals surface area contributed by atoms with Gasteiger partial charge < -0.3 is 0 Å². The SMILES string of the molecule is CCCC[C@H](C#N)CC(=O)c1ccccc1. The molecular weight excluding hydrogens is 198 g/mol. The van der Waals surface area contributed by atoms with E-state index < -0.39 is 0 Å². The molecular formula is C14H17NO. The molecule has 2 nitrogen and oxygen atoms in total. The van der Waals surface area contributed by atoms with Crippen molar-refractivity contribution in [1.29, 1.82) is 5.26 Å². The van der Waals surface area contributed by atoms with Crippen LogP contribution in [0.3, 0.4) is 0 Å². The standard InChI is InChI=1S/C14H17NO/c1-2-3-7-12(11-15)10-14(16)13-8-5-4-6-9-13/h4-6,8-9,12H,2-3,7,10H2,1H3/t12-/m0/s1. The first-order valence-corrected chi connectivity index (χ1v) is 5.75. The van der Waals surface area contributed by atoms with Gasteiger partial charge in [0.2, 0.25) is 0 Å². The van der Waals surface area contributed by atoms with Crippen molar-refractivity contribution < 1.29 is 4.79 Å². The Morgan fingerprint density at radius 1 is 1.38 bits per heavy atom. The van der Waals surface area contributed by atoms with E-state index in [2.05, 4.69) is 13.0 Å². The van der Waals surface area contributed by atoms with E-state index >= 15 is 0 Å². The molecule has 16 heavy (non-hydrogen) atoms. The summed E-state index contributed by atoms with van der Waals surface area (Å²) in [6.45, 7) is 2.09. The summed E-state index contributed by atoms with van der Waals surface area (Å²) in [6.07, 6.45) is 3.25. The van der Waals surface area contributed by atoms with Crippen molar-refractivity contribution in [2.24, 2.45) is 5.92 Å². The number of Topliss-reactive ketones (excluding diaryl/α,β-unsaturated/α-hetero) is 1. The molecule has 0 heterocycles. The number of carbonyl (C=O) groups is 1. The van der Waals surface area contributed by atoms with Crippen molar-refractivity contribution in [2.75, 3.05) is 0 Å². The molecule has 0 bridgehead atoms. The van der Waals surface area contributed by atoms with Crippen molar-refractivity contribution in [3.05, 3.63) is 35.9 Å². The van der Waals surface area contributed by atoms with E-state index in [-0.39, 0.29) is 11.7 Å². The van der Waals surface area contributed by atoms with E-state index in [0.717, 1.165) is 19.3 Å². The van der Waals surface area contributed by atoms with Gasteiger partial charge in [-0.1, -0.05) is 50.1 Å². The van der Waals surface area contributed by atoms with Gasteiger partial charge in [-0.2, -0.15) is 5.26 Å². The zero-order valence-corrected chi connectivity index (χ0v) is 9.65. The number of hydrogen-bond donors (Lipinski definition) is 0. The number of unbranched alkanes of at least 4 members (excludes halogenated alkanes) is 1. The quantitative estimate of drug-likeness (QED) is 0.680. The van der Waals surface area contributed by atoms with E-state index in [1.165, 1.54) is 0 Å². The van der Waals surface area contributed by atoms with Gasteiger partial charge in [0.15, 0.2) is 5.78 Å². The van der Waals surface area contributed by atoms with Crippen LogP contribution in [0.4, 0.5) is 0 Å². The van der Waals surface area contributed by atoms with E-state index in [1.54, 1.807) is 12.1 Å². The first-order valence-electron chi connectivity index (χ1n) is 5.75. The van der Waals surface area contributed by atoms with Crippen molar-refractivity contribution in [1.82, 2.24) is 0 Å². The molecule has 0 aliphatic rings. The minimum atomic E-state index is -0.132. The normalized spacial score (nSPS) is 11.8. The monoisotopic (exact) mass is 215 g/mol. The number of hydrogen-bond acceptors (Lipinski definition) is 2. The lowest BCUT2D eigenvalue weighted by Crippen LogP contribution is -2.07. The molecule has 0 saturated heterocycles. The first kappa shape index (κ1) is 12.4. The predicted molar refractivity (Wildman–Crippen MR) is 64.0 cm³/mol. The molecule has 84 valence electrons. The van der Waals surface area contributed by atoms with Crippen LogP contribution in [0.2, 0.25) is 0 Å². The summed E-state index contributed by atoms with van der Waals surface area (Å²) < 4.78 is 0. The molecule has 1 aromatic carbocycles. The fraction of sp³-hybridized carbons (Fsp3) is 0.429. The van der Waals surface area contributed by atoms with Gasteiger partial charge in [-0.05, 0) is 6.42 Å². The Labute approximate surface area is 96.9 Å². The highest BCUT2D eigenvalue weighted by Gasteiger charge is 2.13. The summed E-state index contributed by atoms with van der Waals surface area (Å²) in [7, 11) is 0. The number of nitriles is 1. The van der Waals surface area contributed by atoms with Crippen molar-refractivity contribution in [3.63, 3.8) is 0 Å². The summed E-state index contributed by atoms with van der Waals surface area (Å²) in [5.41, 5.74) is 0.708. The average molecular weight is 215 g/mol. The van der Waals surface area contributed by atoms with Gasteiger partial charge in [0, 0.05) is 12.0 Å².